The second-order valence-corrected chi connectivity index (χ2v) is 8.94. The highest BCUT2D eigenvalue weighted by atomic mass is 16.6. The summed E-state index contributed by atoms with van der Waals surface area (Å²) in [7, 11) is 0. The van der Waals surface area contributed by atoms with Crippen LogP contribution < -0.4 is 10.1 Å². The second kappa shape index (κ2) is 8.71. The van der Waals surface area contributed by atoms with Gasteiger partial charge in [0.1, 0.15) is 23.1 Å². The smallest absolute Gasteiger partial charge is 0.412 e. The monoisotopic (exact) mass is 392 g/mol. The van der Waals surface area contributed by atoms with Gasteiger partial charge in [-0.15, -0.1) is 0 Å². The zero-order chi connectivity index (χ0) is 20.9. The molecule has 1 aromatic carbocycles. The molecular weight excluding hydrogens is 360 g/mol. The number of carbonyl (C=O) groups excluding carboxylic acids is 2. The lowest BCUT2D eigenvalue weighted by Crippen LogP contribution is -2.44. The molecule has 1 aliphatic heterocycles. The van der Waals surface area contributed by atoms with Crippen molar-refractivity contribution in [3.63, 3.8) is 0 Å². The summed E-state index contributed by atoms with van der Waals surface area (Å²) in [6.45, 7) is 12.3. The Labute approximate surface area is 167 Å². The Morgan fingerprint density at radius 3 is 1.96 bits per heavy atom. The number of anilines is 1. The molecule has 1 heterocycles. The molecule has 2 amide bonds. The number of carbonyl (C=O) groups is 2. The SMILES string of the molecule is CC(C)(C)OC(=O)Nc1ccc(OC2CCN(C(=O)OC(C)(C)C)CC2)cc1. The van der Waals surface area contributed by atoms with Gasteiger partial charge in [-0.25, -0.2) is 9.59 Å². The average Bonchev–Trinajstić information content (AvgIpc) is 2.54. The largest absolute Gasteiger partial charge is 0.490 e. The zero-order valence-corrected chi connectivity index (χ0v) is 17.7. The van der Waals surface area contributed by atoms with E-state index in [1.165, 1.54) is 0 Å². The number of piperidine rings is 1. The quantitative estimate of drug-likeness (QED) is 0.799. The summed E-state index contributed by atoms with van der Waals surface area (Å²) in [5.74, 6) is 0.727. The van der Waals surface area contributed by atoms with E-state index in [1.54, 1.807) is 17.0 Å². The van der Waals surface area contributed by atoms with Crippen LogP contribution in [0, 0.1) is 0 Å². The molecule has 1 aliphatic rings. The second-order valence-electron chi connectivity index (χ2n) is 8.94. The molecule has 156 valence electrons. The molecule has 0 saturated carbocycles. The van der Waals surface area contributed by atoms with Gasteiger partial charge >= 0.3 is 12.2 Å². The minimum absolute atomic E-state index is 0.0448. The third-order valence-corrected chi connectivity index (χ3v) is 3.90. The Morgan fingerprint density at radius 1 is 0.929 bits per heavy atom. The van der Waals surface area contributed by atoms with Crippen molar-refractivity contribution in [1.29, 1.82) is 0 Å². The van der Waals surface area contributed by atoms with E-state index in [-0.39, 0.29) is 12.2 Å². The van der Waals surface area contributed by atoms with E-state index in [9.17, 15) is 9.59 Å². The Balaban J connectivity index is 1.79. The number of nitrogens with one attached hydrogen (secondary N) is 1. The molecular formula is C21H32N2O5. The van der Waals surface area contributed by atoms with Crippen LogP contribution >= 0.6 is 0 Å². The molecule has 0 bridgehead atoms. The van der Waals surface area contributed by atoms with Crippen LogP contribution in [0.3, 0.4) is 0 Å². The van der Waals surface area contributed by atoms with E-state index in [2.05, 4.69) is 5.32 Å². The molecule has 0 unspecified atom stereocenters. The first-order valence-corrected chi connectivity index (χ1v) is 9.66. The normalized spacial score (nSPS) is 15.7. The van der Waals surface area contributed by atoms with Gasteiger partial charge in [0.2, 0.25) is 0 Å². The number of rotatable bonds is 3. The Kier molecular flexibility index (Phi) is 6.80. The number of benzene rings is 1. The lowest BCUT2D eigenvalue weighted by Gasteiger charge is -2.33. The number of nitrogens with zero attached hydrogens (tertiary/aromatic N) is 1. The maximum Gasteiger partial charge on any atom is 0.412 e. The van der Waals surface area contributed by atoms with E-state index < -0.39 is 17.3 Å². The van der Waals surface area contributed by atoms with E-state index in [0.29, 0.717) is 18.8 Å². The van der Waals surface area contributed by atoms with Gasteiger partial charge in [-0.3, -0.25) is 5.32 Å². The third kappa shape index (κ3) is 7.66. The van der Waals surface area contributed by atoms with Crippen molar-refractivity contribution in [3.8, 4) is 5.75 Å². The number of hydrogen-bond donors (Lipinski definition) is 1. The summed E-state index contributed by atoms with van der Waals surface area (Å²) in [6, 6.07) is 7.17. The lowest BCUT2D eigenvalue weighted by atomic mass is 10.1. The molecule has 0 spiro atoms. The summed E-state index contributed by atoms with van der Waals surface area (Å²) in [6.07, 6.45) is 0.774. The van der Waals surface area contributed by atoms with Crippen molar-refractivity contribution in [2.45, 2.75) is 71.7 Å². The van der Waals surface area contributed by atoms with Gasteiger partial charge in [0.15, 0.2) is 0 Å². The van der Waals surface area contributed by atoms with Crippen LogP contribution in [0.15, 0.2) is 24.3 Å². The molecule has 1 N–H and O–H groups in total. The van der Waals surface area contributed by atoms with Crippen LogP contribution in [0.25, 0.3) is 0 Å². The molecule has 28 heavy (non-hydrogen) atoms. The van der Waals surface area contributed by atoms with Gasteiger partial charge < -0.3 is 19.1 Å². The predicted octanol–water partition coefficient (Wildman–Crippen LogP) is 4.81. The molecule has 7 heteroatoms. The van der Waals surface area contributed by atoms with Crippen molar-refractivity contribution in [1.82, 2.24) is 4.90 Å². The molecule has 1 fully saturated rings. The first kappa shape index (κ1) is 21.9. The first-order valence-electron chi connectivity index (χ1n) is 9.66. The van der Waals surface area contributed by atoms with E-state index >= 15 is 0 Å². The van der Waals surface area contributed by atoms with Crippen LogP contribution in [0.4, 0.5) is 15.3 Å². The van der Waals surface area contributed by atoms with Crippen molar-refractivity contribution in [2.75, 3.05) is 18.4 Å². The highest BCUT2D eigenvalue weighted by Gasteiger charge is 2.27. The molecule has 0 aromatic heterocycles. The fourth-order valence-corrected chi connectivity index (χ4v) is 2.71. The van der Waals surface area contributed by atoms with E-state index in [1.807, 2.05) is 53.7 Å². The summed E-state index contributed by atoms with van der Waals surface area (Å²) < 4.78 is 16.6. The highest BCUT2D eigenvalue weighted by molar-refractivity contribution is 5.84. The van der Waals surface area contributed by atoms with E-state index in [4.69, 9.17) is 14.2 Å². The molecule has 0 radical (unpaired) electrons. The Hall–Kier alpha value is -2.44. The van der Waals surface area contributed by atoms with Crippen molar-refractivity contribution in [3.05, 3.63) is 24.3 Å². The maximum absolute atomic E-state index is 12.1. The first-order chi connectivity index (χ1) is 12.9. The summed E-state index contributed by atoms with van der Waals surface area (Å²) in [5, 5.41) is 2.69. The average molecular weight is 392 g/mol. The van der Waals surface area contributed by atoms with Gasteiger partial charge in [0, 0.05) is 31.6 Å². The van der Waals surface area contributed by atoms with E-state index in [0.717, 1.165) is 18.6 Å². The molecule has 1 aromatic rings. The van der Waals surface area contributed by atoms with Crippen molar-refractivity contribution < 1.29 is 23.8 Å². The topological polar surface area (TPSA) is 77.1 Å². The van der Waals surface area contributed by atoms with Gasteiger partial charge in [-0.1, -0.05) is 0 Å². The molecule has 2 rings (SSSR count). The maximum atomic E-state index is 12.1. The molecule has 7 nitrogen and oxygen atoms in total. The van der Waals surface area contributed by atoms with Gasteiger partial charge in [0.25, 0.3) is 0 Å². The standard InChI is InChI=1S/C21H32N2O5/c1-20(2,3)27-18(24)22-15-7-9-16(10-8-15)26-17-11-13-23(14-12-17)19(25)28-21(4,5)6/h7-10,17H,11-14H2,1-6H3,(H,22,24). The minimum Gasteiger partial charge on any atom is -0.490 e. The summed E-state index contributed by atoms with van der Waals surface area (Å²) in [5.41, 5.74) is -0.387. The zero-order valence-electron chi connectivity index (χ0n) is 17.7. The van der Waals surface area contributed by atoms with Gasteiger partial charge in [0.05, 0.1) is 0 Å². The van der Waals surface area contributed by atoms with Crippen LogP contribution in [0.1, 0.15) is 54.4 Å². The number of amides is 2. The van der Waals surface area contributed by atoms with Gasteiger partial charge in [-0.05, 0) is 65.8 Å². The molecule has 1 saturated heterocycles. The summed E-state index contributed by atoms with van der Waals surface area (Å²) in [4.78, 5) is 25.6. The third-order valence-electron chi connectivity index (χ3n) is 3.90. The van der Waals surface area contributed by atoms with Crippen LogP contribution in [0.2, 0.25) is 0 Å². The summed E-state index contributed by atoms with van der Waals surface area (Å²) >= 11 is 0. The van der Waals surface area contributed by atoms with Crippen LogP contribution in [-0.4, -0.2) is 47.5 Å². The number of hydrogen-bond acceptors (Lipinski definition) is 5. The van der Waals surface area contributed by atoms with Gasteiger partial charge in [-0.2, -0.15) is 0 Å². The highest BCUT2D eigenvalue weighted by Crippen LogP contribution is 2.22. The molecule has 0 atom stereocenters. The van der Waals surface area contributed by atoms with Crippen LogP contribution in [-0.2, 0) is 9.47 Å². The van der Waals surface area contributed by atoms with Crippen molar-refractivity contribution in [2.24, 2.45) is 0 Å². The lowest BCUT2D eigenvalue weighted by molar-refractivity contribution is 0.0126. The molecule has 0 aliphatic carbocycles. The Morgan fingerprint density at radius 2 is 1.46 bits per heavy atom. The predicted molar refractivity (Wildman–Crippen MR) is 108 cm³/mol. The fraction of sp³-hybridized carbons (Fsp3) is 0.619. The van der Waals surface area contributed by atoms with Crippen molar-refractivity contribution >= 4 is 17.9 Å². The van der Waals surface area contributed by atoms with Crippen LogP contribution in [0.5, 0.6) is 5.75 Å². The Bertz CT molecular complexity index is 666. The number of ether oxygens (including phenoxy) is 3. The fourth-order valence-electron chi connectivity index (χ4n) is 2.71. The number of likely N-dealkylation sites (tertiary alicyclic amines) is 1. The minimum atomic E-state index is -0.540.